The van der Waals surface area contributed by atoms with Crippen molar-refractivity contribution in [1.82, 2.24) is 4.98 Å². The second kappa shape index (κ2) is 4.79. The maximum Gasteiger partial charge on any atom is 0.145 e. The Morgan fingerprint density at radius 2 is 2.16 bits per heavy atom. The predicted molar refractivity (Wildman–Crippen MR) is 72.3 cm³/mol. The molecule has 1 saturated heterocycles. The minimum absolute atomic E-state index is 0.0875. The number of para-hydroxylation sites is 1. The maximum atomic E-state index is 9.40. The highest BCUT2D eigenvalue weighted by Gasteiger charge is 2.39. The highest BCUT2D eigenvalue weighted by molar-refractivity contribution is 5.84. The van der Waals surface area contributed by atoms with Crippen molar-refractivity contribution >= 4 is 10.9 Å². The Bertz CT molecular complexity index is 587. The molecule has 2 aromatic rings. The molecule has 0 bridgehead atoms. The number of aliphatic hydroxyl groups excluding tert-OH is 1. The van der Waals surface area contributed by atoms with Crippen molar-refractivity contribution in [2.75, 3.05) is 26.4 Å². The van der Waals surface area contributed by atoms with E-state index >= 15 is 0 Å². The first-order chi connectivity index (χ1) is 9.22. The first kappa shape index (κ1) is 12.4. The van der Waals surface area contributed by atoms with E-state index < -0.39 is 0 Å². The fourth-order valence-electron chi connectivity index (χ4n) is 2.18. The molecule has 0 saturated carbocycles. The van der Waals surface area contributed by atoms with Gasteiger partial charge in [0, 0.05) is 11.1 Å². The van der Waals surface area contributed by atoms with Gasteiger partial charge in [0.15, 0.2) is 0 Å². The molecule has 4 heteroatoms. The van der Waals surface area contributed by atoms with Crippen LogP contribution in [0.5, 0.6) is 5.75 Å². The van der Waals surface area contributed by atoms with E-state index in [1.165, 1.54) is 0 Å². The van der Waals surface area contributed by atoms with Crippen LogP contribution >= 0.6 is 0 Å². The second-order valence-corrected chi connectivity index (χ2v) is 5.22. The molecule has 3 rings (SSSR count). The number of aromatic nitrogens is 1. The second-order valence-electron chi connectivity index (χ2n) is 5.22. The summed E-state index contributed by atoms with van der Waals surface area (Å²) in [7, 11) is 0. The van der Waals surface area contributed by atoms with E-state index in [0.717, 1.165) is 22.3 Å². The lowest BCUT2D eigenvalue weighted by atomic mass is 9.88. The van der Waals surface area contributed by atoms with Crippen molar-refractivity contribution in [1.29, 1.82) is 0 Å². The third kappa shape index (κ3) is 2.29. The van der Waals surface area contributed by atoms with E-state index in [1.54, 1.807) is 0 Å². The SMILES string of the molecule is Cc1ccc2cccc(OCC3(CO)COC3)c2n1. The molecule has 1 aromatic carbocycles. The predicted octanol–water partition coefficient (Wildman–Crippen LogP) is 1.93. The van der Waals surface area contributed by atoms with E-state index in [1.807, 2.05) is 37.3 Å². The van der Waals surface area contributed by atoms with E-state index in [-0.39, 0.29) is 12.0 Å². The van der Waals surface area contributed by atoms with Gasteiger partial charge in [0.25, 0.3) is 0 Å². The van der Waals surface area contributed by atoms with Gasteiger partial charge in [0.2, 0.25) is 0 Å². The molecular formula is C15H17NO3. The van der Waals surface area contributed by atoms with Gasteiger partial charge in [0.1, 0.15) is 17.9 Å². The number of rotatable bonds is 4. The summed E-state index contributed by atoms with van der Waals surface area (Å²) in [6.45, 7) is 3.62. The summed E-state index contributed by atoms with van der Waals surface area (Å²) in [5.74, 6) is 0.765. The van der Waals surface area contributed by atoms with Crippen molar-refractivity contribution in [3.05, 3.63) is 36.0 Å². The average Bonchev–Trinajstić information content (AvgIpc) is 2.38. The van der Waals surface area contributed by atoms with Gasteiger partial charge in [-0.3, -0.25) is 0 Å². The number of benzene rings is 1. The minimum Gasteiger partial charge on any atom is -0.490 e. The van der Waals surface area contributed by atoms with E-state index in [4.69, 9.17) is 9.47 Å². The zero-order valence-electron chi connectivity index (χ0n) is 10.9. The minimum atomic E-state index is -0.244. The summed E-state index contributed by atoms with van der Waals surface area (Å²) >= 11 is 0. The Kier molecular flexibility index (Phi) is 3.12. The van der Waals surface area contributed by atoms with E-state index in [2.05, 4.69) is 4.98 Å². The van der Waals surface area contributed by atoms with Gasteiger partial charge in [-0.25, -0.2) is 4.98 Å². The van der Waals surface area contributed by atoms with Crippen LogP contribution in [0.15, 0.2) is 30.3 Å². The molecule has 0 unspecified atom stereocenters. The number of hydrogen-bond acceptors (Lipinski definition) is 4. The summed E-state index contributed by atoms with van der Waals surface area (Å²) in [4.78, 5) is 4.53. The normalized spacial score (nSPS) is 17.2. The molecule has 1 aliphatic heterocycles. The van der Waals surface area contributed by atoms with Crippen molar-refractivity contribution in [2.24, 2.45) is 5.41 Å². The highest BCUT2D eigenvalue weighted by atomic mass is 16.5. The fourth-order valence-corrected chi connectivity index (χ4v) is 2.18. The van der Waals surface area contributed by atoms with Gasteiger partial charge < -0.3 is 14.6 Å². The Labute approximate surface area is 112 Å². The summed E-state index contributed by atoms with van der Waals surface area (Å²) < 4.78 is 11.0. The van der Waals surface area contributed by atoms with Crippen LogP contribution in [-0.2, 0) is 4.74 Å². The highest BCUT2D eigenvalue weighted by Crippen LogP contribution is 2.30. The van der Waals surface area contributed by atoms with Crippen LogP contribution in [0.1, 0.15) is 5.69 Å². The van der Waals surface area contributed by atoms with Gasteiger partial charge in [0.05, 0.1) is 25.2 Å². The molecule has 0 atom stereocenters. The summed E-state index contributed by atoms with van der Waals surface area (Å²) in [5.41, 5.74) is 1.59. The summed E-state index contributed by atoms with van der Waals surface area (Å²) in [6.07, 6.45) is 0. The largest absolute Gasteiger partial charge is 0.490 e. The summed E-state index contributed by atoms with van der Waals surface area (Å²) in [6, 6.07) is 9.92. The van der Waals surface area contributed by atoms with Crippen LogP contribution in [0.3, 0.4) is 0 Å². The van der Waals surface area contributed by atoms with Crippen molar-refractivity contribution < 1.29 is 14.6 Å². The molecule has 2 heterocycles. The molecule has 1 aliphatic rings. The fraction of sp³-hybridized carbons (Fsp3) is 0.400. The first-order valence-corrected chi connectivity index (χ1v) is 6.40. The lowest BCUT2D eigenvalue weighted by Gasteiger charge is -2.39. The van der Waals surface area contributed by atoms with Crippen LogP contribution in [0.2, 0.25) is 0 Å². The zero-order chi connectivity index (χ0) is 13.3. The molecule has 19 heavy (non-hydrogen) atoms. The Hall–Kier alpha value is -1.65. The Balaban J connectivity index is 1.86. The number of hydrogen-bond donors (Lipinski definition) is 1. The molecule has 0 radical (unpaired) electrons. The molecule has 1 fully saturated rings. The smallest absolute Gasteiger partial charge is 0.145 e. The van der Waals surface area contributed by atoms with Crippen LogP contribution in [0.4, 0.5) is 0 Å². The average molecular weight is 259 g/mol. The molecule has 1 N–H and O–H groups in total. The number of nitrogens with zero attached hydrogens (tertiary/aromatic N) is 1. The molecule has 0 spiro atoms. The first-order valence-electron chi connectivity index (χ1n) is 6.40. The van der Waals surface area contributed by atoms with Gasteiger partial charge in [-0.05, 0) is 19.1 Å². The number of fused-ring (bicyclic) bond motifs is 1. The Morgan fingerprint density at radius 3 is 2.84 bits per heavy atom. The topological polar surface area (TPSA) is 51.6 Å². The third-order valence-electron chi connectivity index (χ3n) is 3.51. The maximum absolute atomic E-state index is 9.40. The van der Waals surface area contributed by atoms with Crippen molar-refractivity contribution in [3.63, 3.8) is 0 Å². The zero-order valence-corrected chi connectivity index (χ0v) is 10.9. The lowest BCUT2D eigenvalue weighted by Crippen LogP contribution is -2.49. The number of ether oxygens (including phenoxy) is 2. The number of aliphatic hydroxyl groups is 1. The van der Waals surface area contributed by atoms with Gasteiger partial charge in [-0.1, -0.05) is 18.2 Å². The number of aryl methyl sites for hydroxylation is 1. The van der Waals surface area contributed by atoms with E-state index in [0.29, 0.717) is 19.8 Å². The third-order valence-corrected chi connectivity index (χ3v) is 3.51. The van der Waals surface area contributed by atoms with E-state index in [9.17, 15) is 5.11 Å². The van der Waals surface area contributed by atoms with Crippen LogP contribution in [0.25, 0.3) is 10.9 Å². The van der Waals surface area contributed by atoms with Gasteiger partial charge in [-0.15, -0.1) is 0 Å². The lowest BCUT2D eigenvalue weighted by molar-refractivity contribution is -0.153. The van der Waals surface area contributed by atoms with Gasteiger partial charge >= 0.3 is 0 Å². The standard InChI is InChI=1S/C15H17NO3/c1-11-5-6-12-3-2-4-13(14(12)16-11)19-10-15(7-17)8-18-9-15/h2-6,17H,7-10H2,1H3. The quantitative estimate of drug-likeness (QED) is 0.911. The summed E-state index contributed by atoms with van der Waals surface area (Å²) in [5, 5.41) is 10.5. The Morgan fingerprint density at radius 1 is 1.32 bits per heavy atom. The molecule has 1 aromatic heterocycles. The van der Waals surface area contributed by atoms with Crippen LogP contribution < -0.4 is 4.74 Å². The monoisotopic (exact) mass is 259 g/mol. The van der Waals surface area contributed by atoms with Crippen molar-refractivity contribution in [2.45, 2.75) is 6.92 Å². The van der Waals surface area contributed by atoms with Crippen LogP contribution in [-0.4, -0.2) is 36.5 Å². The molecular weight excluding hydrogens is 242 g/mol. The van der Waals surface area contributed by atoms with Crippen LogP contribution in [0, 0.1) is 12.3 Å². The van der Waals surface area contributed by atoms with Crippen molar-refractivity contribution in [3.8, 4) is 5.75 Å². The van der Waals surface area contributed by atoms with Gasteiger partial charge in [-0.2, -0.15) is 0 Å². The molecule has 4 nitrogen and oxygen atoms in total. The molecule has 0 aliphatic carbocycles. The molecule has 100 valence electrons. The molecule has 0 amide bonds. The number of pyridine rings is 1.